The number of nitrogens with one attached hydrogen (secondary N) is 1. The highest BCUT2D eigenvalue weighted by molar-refractivity contribution is 6.08. The number of hydrogen-bond donors (Lipinski definition) is 1. The van der Waals surface area contributed by atoms with Gasteiger partial charge in [-0.2, -0.15) is 10.4 Å². The van der Waals surface area contributed by atoms with Crippen molar-refractivity contribution in [2.45, 2.75) is 0 Å². The number of amides is 1. The Kier molecular flexibility index (Phi) is 4.68. The Morgan fingerprint density at radius 2 is 1.54 bits per heavy atom. The molecule has 5 nitrogen and oxygen atoms in total. The van der Waals surface area contributed by atoms with Crippen LogP contribution in [0.2, 0.25) is 0 Å². The molecule has 4 aromatic rings. The van der Waals surface area contributed by atoms with Gasteiger partial charge in [0.15, 0.2) is 0 Å². The third-order valence-electron chi connectivity index (χ3n) is 4.33. The van der Waals surface area contributed by atoms with E-state index < -0.39 is 0 Å². The van der Waals surface area contributed by atoms with E-state index in [-0.39, 0.29) is 5.91 Å². The first-order chi connectivity index (χ1) is 13.8. The fourth-order valence-electron chi connectivity index (χ4n) is 2.98. The van der Waals surface area contributed by atoms with E-state index >= 15 is 0 Å². The zero-order valence-corrected chi connectivity index (χ0v) is 14.9. The van der Waals surface area contributed by atoms with E-state index in [1.807, 2.05) is 60.7 Å². The molecule has 1 amide bonds. The summed E-state index contributed by atoms with van der Waals surface area (Å²) in [5.74, 6) is -0.259. The van der Waals surface area contributed by atoms with Crippen LogP contribution in [0.1, 0.15) is 15.9 Å². The molecule has 3 aromatic carbocycles. The van der Waals surface area contributed by atoms with Crippen molar-refractivity contribution in [3.8, 4) is 23.0 Å². The zero-order valence-electron chi connectivity index (χ0n) is 14.9. The molecule has 0 bridgehead atoms. The second-order valence-electron chi connectivity index (χ2n) is 6.16. The highest BCUT2D eigenvalue weighted by atomic mass is 16.1. The van der Waals surface area contributed by atoms with Gasteiger partial charge in [-0.3, -0.25) is 4.79 Å². The molecule has 0 fully saturated rings. The number of anilines is 1. The van der Waals surface area contributed by atoms with E-state index in [2.05, 4.69) is 16.5 Å². The molecule has 1 aromatic heterocycles. The van der Waals surface area contributed by atoms with E-state index in [0.29, 0.717) is 16.8 Å². The van der Waals surface area contributed by atoms with Crippen LogP contribution in [-0.2, 0) is 0 Å². The standard InChI is InChI=1S/C23H16N4O/c24-15-17-11-13-19(14-12-17)26-23(28)21-16-25-27(20-9-5-2-6-10-20)22(21)18-7-3-1-4-8-18/h1-14,16H,(H,26,28). The van der Waals surface area contributed by atoms with Crippen molar-refractivity contribution in [2.24, 2.45) is 0 Å². The minimum atomic E-state index is -0.259. The maximum atomic E-state index is 13.0. The monoisotopic (exact) mass is 364 g/mol. The first-order valence-electron chi connectivity index (χ1n) is 8.76. The van der Waals surface area contributed by atoms with Gasteiger partial charge in [0.25, 0.3) is 5.91 Å². The largest absolute Gasteiger partial charge is 0.322 e. The van der Waals surface area contributed by atoms with Crippen LogP contribution < -0.4 is 5.32 Å². The summed E-state index contributed by atoms with van der Waals surface area (Å²) in [5, 5.41) is 16.3. The highest BCUT2D eigenvalue weighted by Crippen LogP contribution is 2.27. The molecule has 1 heterocycles. The molecule has 0 radical (unpaired) electrons. The summed E-state index contributed by atoms with van der Waals surface area (Å²) in [6.07, 6.45) is 1.58. The Bertz CT molecular complexity index is 1140. The predicted octanol–water partition coefficient (Wildman–Crippen LogP) is 4.66. The molecule has 134 valence electrons. The summed E-state index contributed by atoms with van der Waals surface area (Å²) in [5.41, 5.74) is 4.13. The molecule has 0 aliphatic rings. The number of carbonyl (C=O) groups excluding carboxylic acids is 1. The van der Waals surface area contributed by atoms with Gasteiger partial charge >= 0.3 is 0 Å². The van der Waals surface area contributed by atoms with Crippen LogP contribution in [0.4, 0.5) is 5.69 Å². The van der Waals surface area contributed by atoms with Gasteiger partial charge in [0.1, 0.15) is 0 Å². The van der Waals surface area contributed by atoms with Crippen molar-refractivity contribution in [3.63, 3.8) is 0 Å². The Morgan fingerprint density at radius 3 is 2.18 bits per heavy atom. The Labute approximate surface area is 162 Å². The predicted molar refractivity (Wildman–Crippen MR) is 108 cm³/mol. The van der Waals surface area contributed by atoms with Crippen LogP contribution in [0, 0.1) is 11.3 Å². The molecule has 0 aliphatic heterocycles. The lowest BCUT2D eigenvalue weighted by molar-refractivity contribution is 0.102. The molecule has 0 aliphatic carbocycles. The maximum Gasteiger partial charge on any atom is 0.259 e. The van der Waals surface area contributed by atoms with E-state index in [4.69, 9.17) is 5.26 Å². The molecule has 5 heteroatoms. The normalized spacial score (nSPS) is 10.2. The number of aromatic nitrogens is 2. The zero-order chi connectivity index (χ0) is 19.3. The molecular formula is C23H16N4O. The van der Waals surface area contributed by atoms with Gasteiger partial charge < -0.3 is 5.32 Å². The molecule has 0 saturated heterocycles. The molecule has 1 N–H and O–H groups in total. The number of hydrogen-bond acceptors (Lipinski definition) is 3. The number of carbonyl (C=O) groups is 1. The second-order valence-corrected chi connectivity index (χ2v) is 6.16. The van der Waals surface area contributed by atoms with Crippen LogP contribution >= 0.6 is 0 Å². The van der Waals surface area contributed by atoms with Gasteiger partial charge in [0.2, 0.25) is 0 Å². The van der Waals surface area contributed by atoms with Crippen molar-refractivity contribution in [1.82, 2.24) is 9.78 Å². The van der Waals surface area contributed by atoms with E-state index in [0.717, 1.165) is 16.9 Å². The van der Waals surface area contributed by atoms with E-state index in [1.165, 1.54) is 0 Å². The Balaban J connectivity index is 1.75. The van der Waals surface area contributed by atoms with Crippen molar-refractivity contribution in [2.75, 3.05) is 5.32 Å². The summed E-state index contributed by atoms with van der Waals surface area (Å²) >= 11 is 0. The molecule has 0 saturated carbocycles. The summed E-state index contributed by atoms with van der Waals surface area (Å²) < 4.78 is 1.77. The topological polar surface area (TPSA) is 70.7 Å². The Hall–Kier alpha value is -4.17. The van der Waals surface area contributed by atoms with Gasteiger partial charge in [-0.05, 0) is 36.4 Å². The van der Waals surface area contributed by atoms with Crippen LogP contribution in [-0.4, -0.2) is 15.7 Å². The number of rotatable bonds is 4. The van der Waals surface area contributed by atoms with E-state index in [1.54, 1.807) is 35.1 Å². The van der Waals surface area contributed by atoms with Gasteiger partial charge in [0.05, 0.1) is 34.8 Å². The average Bonchev–Trinajstić information content (AvgIpc) is 3.21. The van der Waals surface area contributed by atoms with Crippen LogP contribution in [0.3, 0.4) is 0 Å². The van der Waals surface area contributed by atoms with Crippen LogP contribution in [0.5, 0.6) is 0 Å². The molecular weight excluding hydrogens is 348 g/mol. The van der Waals surface area contributed by atoms with E-state index in [9.17, 15) is 4.79 Å². The van der Waals surface area contributed by atoms with Crippen LogP contribution in [0.15, 0.2) is 91.1 Å². The first-order valence-corrected chi connectivity index (χ1v) is 8.76. The lowest BCUT2D eigenvalue weighted by Crippen LogP contribution is -2.13. The maximum absolute atomic E-state index is 13.0. The van der Waals surface area contributed by atoms with Gasteiger partial charge in [0, 0.05) is 11.3 Å². The fraction of sp³-hybridized carbons (Fsp3) is 0. The lowest BCUT2D eigenvalue weighted by atomic mass is 10.1. The quantitative estimate of drug-likeness (QED) is 0.572. The highest BCUT2D eigenvalue weighted by Gasteiger charge is 2.20. The lowest BCUT2D eigenvalue weighted by Gasteiger charge is -2.10. The van der Waals surface area contributed by atoms with Crippen LogP contribution in [0.25, 0.3) is 16.9 Å². The molecule has 4 rings (SSSR count). The van der Waals surface area contributed by atoms with Crippen molar-refractivity contribution in [1.29, 1.82) is 5.26 Å². The second kappa shape index (κ2) is 7.60. The van der Waals surface area contributed by atoms with Crippen molar-refractivity contribution < 1.29 is 4.79 Å². The smallest absolute Gasteiger partial charge is 0.259 e. The first kappa shape index (κ1) is 17.3. The summed E-state index contributed by atoms with van der Waals surface area (Å²) in [6.45, 7) is 0. The molecule has 0 atom stereocenters. The minimum absolute atomic E-state index is 0.259. The van der Waals surface area contributed by atoms with Crippen molar-refractivity contribution in [3.05, 3.63) is 102 Å². The molecule has 0 unspecified atom stereocenters. The van der Waals surface area contributed by atoms with Gasteiger partial charge in [-0.15, -0.1) is 0 Å². The van der Waals surface area contributed by atoms with Crippen molar-refractivity contribution >= 4 is 11.6 Å². The van der Waals surface area contributed by atoms with Gasteiger partial charge in [-0.25, -0.2) is 4.68 Å². The average molecular weight is 364 g/mol. The molecule has 28 heavy (non-hydrogen) atoms. The fourth-order valence-corrected chi connectivity index (χ4v) is 2.98. The number of benzene rings is 3. The summed E-state index contributed by atoms with van der Waals surface area (Å²) in [7, 11) is 0. The number of nitrogens with zero attached hydrogens (tertiary/aromatic N) is 3. The summed E-state index contributed by atoms with van der Waals surface area (Å²) in [4.78, 5) is 13.0. The number of para-hydroxylation sites is 1. The molecule has 0 spiro atoms. The third kappa shape index (κ3) is 3.39. The SMILES string of the molecule is N#Cc1ccc(NC(=O)c2cnn(-c3ccccc3)c2-c2ccccc2)cc1. The summed E-state index contributed by atoms with van der Waals surface area (Å²) in [6, 6.07) is 28.2. The van der Waals surface area contributed by atoms with Gasteiger partial charge in [-0.1, -0.05) is 48.5 Å². The Morgan fingerprint density at radius 1 is 0.893 bits per heavy atom. The third-order valence-corrected chi connectivity index (χ3v) is 4.33. The number of nitriles is 1. The minimum Gasteiger partial charge on any atom is -0.322 e.